The van der Waals surface area contributed by atoms with E-state index in [4.69, 9.17) is 5.11 Å². The first-order valence-electron chi connectivity index (χ1n) is 5.78. The molecule has 0 aliphatic rings. The Bertz CT molecular complexity index is 296. The molecule has 0 unspecified atom stereocenters. The SMILES string of the molecule is CC(C)NCC(=O)NC(C)(C)C(C)(C)C(=O)O. The minimum absolute atomic E-state index is 0.191. The van der Waals surface area contributed by atoms with E-state index in [0.717, 1.165) is 0 Å². The van der Waals surface area contributed by atoms with Crippen molar-refractivity contribution in [1.29, 1.82) is 0 Å². The summed E-state index contributed by atoms with van der Waals surface area (Å²) in [6, 6.07) is 0.219. The van der Waals surface area contributed by atoms with E-state index >= 15 is 0 Å². The molecule has 0 heterocycles. The lowest BCUT2D eigenvalue weighted by molar-refractivity contribution is -0.151. The van der Waals surface area contributed by atoms with Crippen LogP contribution in [0.5, 0.6) is 0 Å². The van der Waals surface area contributed by atoms with E-state index in [9.17, 15) is 9.59 Å². The van der Waals surface area contributed by atoms with E-state index in [1.54, 1.807) is 27.7 Å². The molecule has 100 valence electrons. The molecule has 0 radical (unpaired) electrons. The Kier molecular flexibility index (Phi) is 5.13. The molecule has 0 bridgehead atoms. The van der Waals surface area contributed by atoms with Gasteiger partial charge in [0.25, 0.3) is 0 Å². The zero-order valence-corrected chi connectivity index (χ0v) is 11.5. The molecule has 1 amide bonds. The Morgan fingerprint density at radius 2 is 1.65 bits per heavy atom. The Labute approximate surface area is 103 Å². The average Bonchev–Trinajstić information content (AvgIpc) is 2.13. The van der Waals surface area contributed by atoms with E-state index < -0.39 is 16.9 Å². The van der Waals surface area contributed by atoms with Gasteiger partial charge in [-0.25, -0.2) is 0 Å². The molecule has 0 fully saturated rings. The largest absolute Gasteiger partial charge is 0.481 e. The molecule has 0 saturated heterocycles. The molecule has 0 aromatic carbocycles. The normalized spacial score (nSPS) is 12.6. The van der Waals surface area contributed by atoms with Crippen LogP contribution in [0, 0.1) is 5.41 Å². The number of carbonyl (C=O) groups excluding carboxylic acids is 1. The second-order valence-corrected chi connectivity index (χ2v) is 5.64. The van der Waals surface area contributed by atoms with Gasteiger partial charge in [0, 0.05) is 6.04 Å². The summed E-state index contributed by atoms with van der Waals surface area (Å²) in [4.78, 5) is 22.8. The molecule has 0 atom stereocenters. The van der Waals surface area contributed by atoms with Gasteiger partial charge in [-0.05, 0) is 27.7 Å². The van der Waals surface area contributed by atoms with Gasteiger partial charge in [0.05, 0.1) is 17.5 Å². The fourth-order valence-corrected chi connectivity index (χ4v) is 1.11. The van der Waals surface area contributed by atoms with Gasteiger partial charge in [0.15, 0.2) is 0 Å². The maximum absolute atomic E-state index is 11.7. The third-order valence-corrected chi connectivity index (χ3v) is 3.22. The van der Waals surface area contributed by atoms with Crippen LogP contribution in [-0.4, -0.2) is 35.1 Å². The molecular formula is C12H24N2O3. The topological polar surface area (TPSA) is 78.4 Å². The maximum Gasteiger partial charge on any atom is 0.311 e. The smallest absolute Gasteiger partial charge is 0.311 e. The van der Waals surface area contributed by atoms with Crippen molar-refractivity contribution in [3.05, 3.63) is 0 Å². The van der Waals surface area contributed by atoms with Crippen LogP contribution in [0.4, 0.5) is 0 Å². The summed E-state index contributed by atoms with van der Waals surface area (Å²) in [6.07, 6.45) is 0. The van der Waals surface area contributed by atoms with E-state index in [2.05, 4.69) is 10.6 Å². The molecule has 0 aromatic rings. The van der Waals surface area contributed by atoms with E-state index in [1.165, 1.54) is 0 Å². The van der Waals surface area contributed by atoms with Crippen LogP contribution >= 0.6 is 0 Å². The molecule has 0 aliphatic carbocycles. The molecule has 17 heavy (non-hydrogen) atoms. The number of carbonyl (C=O) groups is 2. The van der Waals surface area contributed by atoms with Crippen LogP contribution in [0.2, 0.25) is 0 Å². The van der Waals surface area contributed by atoms with Crippen LogP contribution in [0.15, 0.2) is 0 Å². The minimum atomic E-state index is -1.03. The average molecular weight is 244 g/mol. The first-order valence-corrected chi connectivity index (χ1v) is 5.78. The summed E-state index contributed by atoms with van der Waals surface area (Å²) in [7, 11) is 0. The second-order valence-electron chi connectivity index (χ2n) is 5.64. The number of amides is 1. The van der Waals surface area contributed by atoms with Crippen molar-refractivity contribution in [2.75, 3.05) is 6.54 Å². The lowest BCUT2D eigenvalue weighted by Gasteiger charge is -2.38. The summed E-state index contributed by atoms with van der Waals surface area (Å²) >= 11 is 0. The van der Waals surface area contributed by atoms with Crippen molar-refractivity contribution < 1.29 is 14.7 Å². The van der Waals surface area contributed by atoms with Crippen LogP contribution in [0.25, 0.3) is 0 Å². The minimum Gasteiger partial charge on any atom is -0.481 e. The number of nitrogens with one attached hydrogen (secondary N) is 2. The summed E-state index contributed by atoms with van der Waals surface area (Å²) in [5.41, 5.74) is -1.84. The van der Waals surface area contributed by atoms with Gasteiger partial charge in [-0.2, -0.15) is 0 Å². The molecule has 3 N–H and O–H groups in total. The highest BCUT2D eigenvalue weighted by Crippen LogP contribution is 2.30. The fraction of sp³-hybridized carbons (Fsp3) is 0.833. The fourth-order valence-electron chi connectivity index (χ4n) is 1.11. The summed E-state index contributed by atoms with van der Waals surface area (Å²) in [5, 5.41) is 14.9. The Balaban J connectivity index is 4.54. The lowest BCUT2D eigenvalue weighted by atomic mass is 9.74. The van der Waals surface area contributed by atoms with Gasteiger partial charge < -0.3 is 15.7 Å². The summed E-state index contributed by atoms with van der Waals surface area (Å²) in [6.45, 7) is 10.7. The second kappa shape index (κ2) is 5.49. The Morgan fingerprint density at radius 1 is 1.18 bits per heavy atom. The zero-order valence-electron chi connectivity index (χ0n) is 11.5. The Hall–Kier alpha value is -1.10. The summed E-state index contributed by atoms with van der Waals surface area (Å²) < 4.78 is 0. The third-order valence-electron chi connectivity index (χ3n) is 3.22. The van der Waals surface area contributed by atoms with Crippen LogP contribution in [0.1, 0.15) is 41.5 Å². The Morgan fingerprint density at radius 3 is 2.00 bits per heavy atom. The van der Waals surface area contributed by atoms with Crippen molar-refractivity contribution in [1.82, 2.24) is 10.6 Å². The van der Waals surface area contributed by atoms with Crippen molar-refractivity contribution in [3.63, 3.8) is 0 Å². The number of rotatable bonds is 6. The molecule has 0 spiro atoms. The standard InChI is InChI=1S/C12H24N2O3/c1-8(2)13-7-9(15)14-12(5,6)11(3,4)10(16)17/h8,13H,7H2,1-6H3,(H,14,15)(H,16,17). The van der Waals surface area contributed by atoms with Gasteiger partial charge in [0.2, 0.25) is 5.91 Å². The van der Waals surface area contributed by atoms with Gasteiger partial charge >= 0.3 is 5.97 Å². The number of carboxylic acid groups (broad SMARTS) is 1. The third kappa shape index (κ3) is 4.34. The van der Waals surface area contributed by atoms with Crippen LogP contribution in [0.3, 0.4) is 0 Å². The van der Waals surface area contributed by atoms with Crippen molar-refractivity contribution in [3.8, 4) is 0 Å². The van der Waals surface area contributed by atoms with Crippen LogP contribution < -0.4 is 10.6 Å². The van der Waals surface area contributed by atoms with E-state index in [0.29, 0.717) is 0 Å². The van der Waals surface area contributed by atoms with Gasteiger partial charge in [-0.15, -0.1) is 0 Å². The first kappa shape index (κ1) is 15.9. The van der Waals surface area contributed by atoms with Gasteiger partial charge in [-0.3, -0.25) is 9.59 Å². The maximum atomic E-state index is 11.7. The number of hydrogen-bond donors (Lipinski definition) is 3. The predicted octanol–water partition coefficient (Wildman–Crippen LogP) is 0.990. The zero-order chi connectivity index (χ0) is 13.9. The van der Waals surface area contributed by atoms with E-state index in [-0.39, 0.29) is 18.5 Å². The molecule has 0 aliphatic heterocycles. The number of carboxylic acids is 1. The van der Waals surface area contributed by atoms with Crippen molar-refractivity contribution in [2.24, 2.45) is 5.41 Å². The first-order chi connectivity index (χ1) is 7.50. The van der Waals surface area contributed by atoms with Crippen LogP contribution in [-0.2, 0) is 9.59 Å². The summed E-state index contributed by atoms with van der Waals surface area (Å²) in [5.74, 6) is -1.13. The number of hydrogen-bond acceptors (Lipinski definition) is 3. The molecule has 5 heteroatoms. The highest BCUT2D eigenvalue weighted by molar-refractivity contribution is 5.81. The highest BCUT2D eigenvalue weighted by atomic mass is 16.4. The molecule has 0 saturated carbocycles. The lowest BCUT2D eigenvalue weighted by Crippen LogP contribution is -2.58. The monoisotopic (exact) mass is 244 g/mol. The quantitative estimate of drug-likeness (QED) is 0.651. The molecule has 0 rings (SSSR count). The number of aliphatic carboxylic acids is 1. The van der Waals surface area contributed by atoms with E-state index in [1.807, 2.05) is 13.8 Å². The van der Waals surface area contributed by atoms with Gasteiger partial charge in [-0.1, -0.05) is 13.8 Å². The van der Waals surface area contributed by atoms with Crippen molar-refractivity contribution in [2.45, 2.75) is 53.1 Å². The highest BCUT2D eigenvalue weighted by Gasteiger charge is 2.44. The molecule has 0 aromatic heterocycles. The molecule has 5 nitrogen and oxygen atoms in total. The van der Waals surface area contributed by atoms with Gasteiger partial charge in [0.1, 0.15) is 0 Å². The van der Waals surface area contributed by atoms with Crippen molar-refractivity contribution >= 4 is 11.9 Å². The molecular weight excluding hydrogens is 220 g/mol. The predicted molar refractivity (Wildman–Crippen MR) is 66.8 cm³/mol.